The first-order valence-corrected chi connectivity index (χ1v) is 9.76. The van der Waals surface area contributed by atoms with Gasteiger partial charge in [0.25, 0.3) is 0 Å². The van der Waals surface area contributed by atoms with Crippen LogP contribution in [0.2, 0.25) is 0 Å². The zero-order valence-electron chi connectivity index (χ0n) is 16.9. The van der Waals surface area contributed by atoms with Gasteiger partial charge in [-0.15, -0.1) is 0 Å². The molecule has 1 saturated carbocycles. The molecule has 1 aromatic carbocycles. The van der Waals surface area contributed by atoms with Gasteiger partial charge in [-0.1, -0.05) is 6.07 Å². The molecule has 1 aliphatic carbocycles. The third kappa shape index (κ3) is 4.37. The van der Waals surface area contributed by atoms with Crippen LogP contribution in [0.25, 0.3) is 0 Å². The molecule has 156 valence electrons. The van der Waals surface area contributed by atoms with Crippen molar-refractivity contribution >= 4 is 11.8 Å². The predicted octanol–water partition coefficient (Wildman–Crippen LogP) is 4.47. The van der Waals surface area contributed by atoms with E-state index < -0.39 is 5.60 Å². The summed E-state index contributed by atoms with van der Waals surface area (Å²) >= 11 is 0. The van der Waals surface area contributed by atoms with E-state index in [1.54, 1.807) is 23.2 Å². The number of likely N-dealkylation sites (tertiary alicyclic amines) is 1. The zero-order chi connectivity index (χ0) is 20.6. The number of nitrogens with one attached hydrogen (secondary N) is 1. The summed E-state index contributed by atoms with van der Waals surface area (Å²) in [6, 6.07) is 5.04. The molecule has 0 radical (unpaired) electrons. The number of benzene rings is 1. The van der Waals surface area contributed by atoms with E-state index in [-0.39, 0.29) is 29.9 Å². The lowest BCUT2D eigenvalue weighted by Gasteiger charge is -2.58. The Morgan fingerprint density at radius 3 is 2.76 bits per heavy atom. The van der Waals surface area contributed by atoms with Crippen molar-refractivity contribution in [2.75, 3.05) is 18.6 Å². The number of hydrogen-bond acceptors (Lipinski definition) is 6. The molecule has 29 heavy (non-hydrogen) atoms. The number of aromatic nitrogens is 1. The molecule has 0 unspecified atom stereocenters. The highest BCUT2D eigenvalue weighted by Gasteiger charge is 2.55. The van der Waals surface area contributed by atoms with Gasteiger partial charge in [0.15, 0.2) is 12.2 Å². The Hall–Kier alpha value is -2.61. The Morgan fingerprint density at radius 2 is 2.14 bits per heavy atom. The monoisotopic (exact) mass is 403 g/mol. The number of nitrogens with zero attached hydrogens (tertiary/aromatic N) is 2. The molecule has 2 heterocycles. The molecule has 7 nitrogen and oxygen atoms in total. The van der Waals surface area contributed by atoms with Crippen LogP contribution in [0.5, 0.6) is 0 Å². The summed E-state index contributed by atoms with van der Waals surface area (Å²) in [5, 5.41) is 0. The van der Waals surface area contributed by atoms with Crippen molar-refractivity contribution in [2.24, 2.45) is 5.41 Å². The van der Waals surface area contributed by atoms with Gasteiger partial charge < -0.3 is 14.1 Å². The van der Waals surface area contributed by atoms with Gasteiger partial charge >= 0.3 is 6.09 Å². The van der Waals surface area contributed by atoms with Crippen molar-refractivity contribution in [3.05, 3.63) is 47.9 Å². The standard InChI is InChI=1S/C21H26FN3O4/c1-20(2,3)29-19(26)25-11-21(12-25)7-14(8-21)17-5-4-15(6-18(17)22)24-28-10-16-9-23-13-27-16/h4-6,9,13-14,24H,7-8,10-12H2,1-3H3. The zero-order valence-corrected chi connectivity index (χ0v) is 16.9. The SMILES string of the molecule is CC(C)(C)OC(=O)N1CC2(CC(c3ccc(NOCc4cnco4)cc3F)C2)C1. The number of anilines is 1. The highest BCUT2D eigenvalue weighted by molar-refractivity contribution is 5.69. The lowest BCUT2D eigenvalue weighted by molar-refractivity contribution is -0.0790. The number of carbonyl (C=O) groups excluding carboxylic acids is 1. The molecule has 2 aromatic rings. The van der Waals surface area contributed by atoms with Gasteiger partial charge in [-0.05, 0) is 57.2 Å². The predicted molar refractivity (Wildman–Crippen MR) is 104 cm³/mol. The van der Waals surface area contributed by atoms with E-state index >= 15 is 0 Å². The number of carbonyl (C=O) groups is 1. The van der Waals surface area contributed by atoms with E-state index in [1.165, 1.54) is 12.5 Å². The third-order valence-corrected chi connectivity index (χ3v) is 5.39. The average molecular weight is 403 g/mol. The van der Waals surface area contributed by atoms with Gasteiger partial charge in [0.2, 0.25) is 0 Å². The molecule has 1 saturated heterocycles. The van der Waals surface area contributed by atoms with Gasteiger partial charge in [0.1, 0.15) is 18.0 Å². The minimum atomic E-state index is -0.487. The highest BCUT2D eigenvalue weighted by atomic mass is 19.1. The van der Waals surface area contributed by atoms with Gasteiger partial charge in [-0.25, -0.2) is 14.2 Å². The smallest absolute Gasteiger partial charge is 0.410 e. The molecule has 0 atom stereocenters. The molecule has 4 rings (SSSR count). The molecule has 8 heteroatoms. The van der Waals surface area contributed by atoms with Crippen molar-refractivity contribution in [1.82, 2.24) is 9.88 Å². The van der Waals surface area contributed by atoms with Crippen molar-refractivity contribution in [3.8, 4) is 0 Å². The number of rotatable bonds is 5. The molecule has 1 aromatic heterocycles. The van der Waals surface area contributed by atoms with Crippen molar-refractivity contribution in [2.45, 2.75) is 51.7 Å². The lowest BCUT2D eigenvalue weighted by Crippen LogP contribution is -2.63. The average Bonchev–Trinajstić information content (AvgIpc) is 3.05. The largest absolute Gasteiger partial charge is 0.446 e. The van der Waals surface area contributed by atoms with Crippen LogP contribution in [0.15, 0.2) is 35.2 Å². The topological polar surface area (TPSA) is 76.8 Å². The van der Waals surface area contributed by atoms with Gasteiger partial charge in [0, 0.05) is 18.5 Å². The number of ether oxygens (including phenoxy) is 1. The summed E-state index contributed by atoms with van der Waals surface area (Å²) < 4.78 is 25.0. The third-order valence-electron chi connectivity index (χ3n) is 5.39. The highest BCUT2D eigenvalue weighted by Crippen LogP contribution is 2.56. The first kappa shape index (κ1) is 19.7. The van der Waals surface area contributed by atoms with Crippen LogP contribution >= 0.6 is 0 Å². The fourth-order valence-corrected chi connectivity index (χ4v) is 4.11. The van der Waals surface area contributed by atoms with E-state index in [9.17, 15) is 9.18 Å². The van der Waals surface area contributed by atoms with Crippen molar-refractivity contribution < 1.29 is 23.2 Å². The second-order valence-corrected chi connectivity index (χ2v) is 9.04. The first-order chi connectivity index (χ1) is 13.7. The Bertz CT molecular complexity index is 865. The van der Waals surface area contributed by atoms with Crippen LogP contribution in [0.1, 0.15) is 50.9 Å². The minimum absolute atomic E-state index is 0.116. The molecule has 1 spiro atoms. The number of halogens is 1. The molecule has 0 bridgehead atoms. The fourth-order valence-electron chi connectivity index (χ4n) is 4.11. The van der Waals surface area contributed by atoms with Crippen LogP contribution in [-0.4, -0.2) is 34.7 Å². The summed E-state index contributed by atoms with van der Waals surface area (Å²) in [6.07, 6.45) is 4.39. The second kappa shape index (κ2) is 7.33. The normalized spacial score (nSPS) is 18.3. The minimum Gasteiger partial charge on any atom is -0.446 e. The summed E-state index contributed by atoms with van der Waals surface area (Å²) in [4.78, 5) is 22.9. The quantitative estimate of drug-likeness (QED) is 0.742. The summed E-state index contributed by atoms with van der Waals surface area (Å²) in [5.74, 6) is 0.511. The van der Waals surface area contributed by atoms with Crippen LogP contribution < -0.4 is 5.48 Å². The summed E-state index contributed by atoms with van der Waals surface area (Å²) in [6.45, 7) is 7.16. The van der Waals surface area contributed by atoms with E-state index in [2.05, 4.69) is 10.5 Å². The van der Waals surface area contributed by atoms with Crippen molar-refractivity contribution in [3.63, 3.8) is 0 Å². The molecular formula is C21H26FN3O4. The Kier molecular flexibility index (Phi) is 4.98. The number of amides is 1. The van der Waals surface area contributed by atoms with E-state index in [1.807, 2.05) is 20.8 Å². The van der Waals surface area contributed by atoms with Gasteiger partial charge in [-0.3, -0.25) is 10.3 Å². The molecule has 1 N–H and O–H groups in total. The van der Waals surface area contributed by atoms with Gasteiger partial charge in [-0.2, -0.15) is 0 Å². The van der Waals surface area contributed by atoms with Crippen molar-refractivity contribution in [1.29, 1.82) is 0 Å². The molecule has 1 aliphatic heterocycles. The van der Waals surface area contributed by atoms with Gasteiger partial charge in [0.05, 0.1) is 11.9 Å². The summed E-state index contributed by atoms with van der Waals surface area (Å²) in [7, 11) is 0. The van der Waals surface area contributed by atoms with Crippen LogP contribution in [0, 0.1) is 11.2 Å². The second-order valence-electron chi connectivity index (χ2n) is 9.04. The Morgan fingerprint density at radius 1 is 1.38 bits per heavy atom. The fraction of sp³-hybridized carbons (Fsp3) is 0.524. The summed E-state index contributed by atoms with van der Waals surface area (Å²) in [5.41, 5.74) is 3.60. The maximum atomic E-state index is 14.6. The molecule has 2 fully saturated rings. The molecular weight excluding hydrogens is 377 g/mol. The van der Waals surface area contributed by atoms with Crippen LogP contribution in [-0.2, 0) is 16.2 Å². The Balaban J connectivity index is 1.25. The molecule has 2 aliphatic rings. The first-order valence-electron chi connectivity index (χ1n) is 9.76. The lowest BCUT2D eigenvalue weighted by atomic mass is 9.56. The maximum Gasteiger partial charge on any atom is 0.410 e. The van der Waals surface area contributed by atoms with E-state index in [0.717, 1.165) is 12.8 Å². The molecule has 1 amide bonds. The number of hydrogen-bond donors (Lipinski definition) is 1. The Labute approximate surface area is 169 Å². The van der Waals surface area contributed by atoms with E-state index in [4.69, 9.17) is 14.0 Å². The number of oxazole rings is 1. The van der Waals surface area contributed by atoms with Crippen LogP contribution in [0.4, 0.5) is 14.9 Å². The van der Waals surface area contributed by atoms with E-state index in [0.29, 0.717) is 30.1 Å². The van der Waals surface area contributed by atoms with Crippen LogP contribution in [0.3, 0.4) is 0 Å². The maximum absolute atomic E-state index is 14.6.